The van der Waals surface area contributed by atoms with E-state index in [-0.39, 0.29) is 31.1 Å². The fraction of sp³-hybridized carbons (Fsp3) is 0.865. The van der Waals surface area contributed by atoms with Crippen LogP contribution in [0.5, 0.6) is 0 Å². The normalized spacial score (nSPS) is 12.0. The molecule has 1 atom stereocenters. The number of ether oxygens (including phenoxy) is 3. The lowest BCUT2D eigenvalue weighted by Crippen LogP contribution is -2.30. The van der Waals surface area contributed by atoms with Crippen LogP contribution in [-0.4, -0.2) is 37.2 Å². The molecule has 0 bridgehead atoms. The highest BCUT2D eigenvalue weighted by molar-refractivity contribution is 5.71. The quantitative estimate of drug-likeness (QED) is 0.0327. The Morgan fingerprint density at radius 1 is 0.442 bits per heavy atom. The van der Waals surface area contributed by atoms with E-state index in [9.17, 15) is 14.4 Å². The van der Waals surface area contributed by atoms with Crippen molar-refractivity contribution in [3.63, 3.8) is 0 Å². The molecule has 0 radical (unpaired) electrons. The molecule has 43 heavy (non-hydrogen) atoms. The second-order valence-corrected chi connectivity index (χ2v) is 12.1. The van der Waals surface area contributed by atoms with E-state index in [0.717, 1.165) is 77.0 Å². The Morgan fingerprint density at radius 3 is 1.16 bits per heavy atom. The van der Waals surface area contributed by atoms with E-state index in [1.54, 1.807) is 0 Å². The summed E-state index contributed by atoms with van der Waals surface area (Å²) in [5.74, 6) is -0.914. The molecule has 0 fully saturated rings. The maximum absolute atomic E-state index is 12.4. The topological polar surface area (TPSA) is 78.9 Å². The average molecular weight is 609 g/mol. The van der Waals surface area contributed by atoms with Gasteiger partial charge in [-0.1, -0.05) is 136 Å². The van der Waals surface area contributed by atoms with Crippen molar-refractivity contribution in [2.24, 2.45) is 0 Å². The third kappa shape index (κ3) is 31.4. The second kappa shape index (κ2) is 33.1. The number of rotatable bonds is 32. The maximum Gasteiger partial charge on any atom is 0.306 e. The first-order valence-corrected chi connectivity index (χ1v) is 18.2. The molecule has 0 heterocycles. The van der Waals surface area contributed by atoms with Gasteiger partial charge in [-0.2, -0.15) is 0 Å². The lowest BCUT2D eigenvalue weighted by molar-refractivity contribution is -0.167. The van der Waals surface area contributed by atoms with Gasteiger partial charge in [0.25, 0.3) is 0 Å². The van der Waals surface area contributed by atoms with Crippen LogP contribution in [0.25, 0.3) is 0 Å². The van der Waals surface area contributed by atoms with E-state index < -0.39 is 6.10 Å². The van der Waals surface area contributed by atoms with Gasteiger partial charge >= 0.3 is 17.9 Å². The monoisotopic (exact) mass is 609 g/mol. The lowest BCUT2D eigenvalue weighted by Gasteiger charge is -2.18. The average Bonchev–Trinajstić information content (AvgIpc) is 3.00. The van der Waals surface area contributed by atoms with Crippen LogP contribution in [0.15, 0.2) is 12.2 Å². The summed E-state index contributed by atoms with van der Waals surface area (Å²) in [4.78, 5) is 36.9. The Labute approximate surface area is 265 Å². The Morgan fingerprint density at radius 2 is 0.767 bits per heavy atom. The molecule has 0 spiro atoms. The van der Waals surface area contributed by atoms with Crippen molar-refractivity contribution in [1.29, 1.82) is 0 Å². The van der Waals surface area contributed by atoms with Gasteiger partial charge < -0.3 is 14.2 Å². The van der Waals surface area contributed by atoms with Crippen LogP contribution in [0.1, 0.15) is 188 Å². The van der Waals surface area contributed by atoms with Gasteiger partial charge in [0.05, 0.1) is 0 Å². The number of carbonyl (C=O) groups excluding carboxylic acids is 3. The summed E-state index contributed by atoms with van der Waals surface area (Å²) in [6, 6.07) is 0. The van der Waals surface area contributed by atoms with Gasteiger partial charge in [0.2, 0.25) is 0 Å². The van der Waals surface area contributed by atoms with E-state index in [1.807, 2.05) is 0 Å². The zero-order valence-electron chi connectivity index (χ0n) is 28.5. The number of esters is 3. The molecule has 0 aliphatic heterocycles. The third-order valence-corrected chi connectivity index (χ3v) is 7.77. The molecule has 0 aliphatic rings. The van der Waals surface area contributed by atoms with Gasteiger partial charge in [0.15, 0.2) is 6.10 Å². The largest absolute Gasteiger partial charge is 0.462 e. The van der Waals surface area contributed by atoms with Crippen LogP contribution >= 0.6 is 0 Å². The highest BCUT2D eigenvalue weighted by Gasteiger charge is 2.19. The Balaban J connectivity index is 4.15. The zero-order valence-corrected chi connectivity index (χ0v) is 28.5. The molecule has 0 aromatic rings. The molecule has 6 nitrogen and oxygen atoms in total. The van der Waals surface area contributed by atoms with Crippen molar-refractivity contribution in [2.75, 3.05) is 13.2 Å². The Hall–Kier alpha value is -1.85. The van der Waals surface area contributed by atoms with Crippen LogP contribution in [0.2, 0.25) is 0 Å². The van der Waals surface area contributed by atoms with Crippen LogP contribution in [0.4, 0.5) is 0 Å². The molecular formula is C37H68O6. The summed E-state index contributed by atoms with van der Waals surface area (Å²) in [7, 11) is 0. The minimum Gasteiger partial charge on any atom is -0.462 e. The first-order valence-electron chi connectivity index (χ1n) is 18.2. The van der Waals surface area contributed by atoms with E-state index in [0.29, 0.717) is 19.3 Å². The van der Waals surface area contributed by atoms with Crippen molar-refractivity contribution >= 4 is 17.9 Å². The van der Waals surface area contributed by atoms with Crippen molar-refractivity contribution < 1.29 is 28.6 Å². The third-order valence-electron chi connectivity index (χ3n) is 7.77. The van der Waals surface area contributed by atoms with Gasteiger partial charge in [0, 0.05) is 19.3 Å². The highest BCUT2D eigenvalue weighted by Crippen LogP contribution is 2.12. The smallest absolute Gasteiger partial charge is 0.306 e. The molecule has 0 saturated carbocycles. The summed E-state index contributed by atoms with van der Waals surface area (Å²) >= 11 is 0. The summed E-state index contributed by atoms with van der Waals surface area (Å²) in [6.45, 7) is 6.43. The van der Waals surface area contributed by atoms with E-state index >= 15 is 0 Å². The fourth-order valence-corrected chi connectivity index (χ4v) is 4.96. The molecule has 0 amide bonds. The molecular weight excluding hydrogens is 540 g/mol. The summed E-state index contributed by atoms with van der Waals surface area (Å²) in [6.07, 6.45) is 31.1. The molecule has 0 N–H and O–H groups in total. The van der Waals surface area contributed by atoms with Gasteiger partial charge in [-0.3, -0.25) is 14.4 Å². The molecule has 0 aliphatic carbocycles. The number of hydrogen-bond donors (Lipinski definition) is 0. The Kier molecular flexibility index (Phi) is 31.6. The maximum atomic E-state index is 12.4. The molecule has 1 unspecified atom stereocenters. The highest BCUT2D eigenvalue weighted by atomic mass is 16.6. The Bertz CT molecular complexity index is 674. The number of allylic oxidation sites excluding steroid dienone is 2. The van der Waals surface area contributed by atoms with Gasteiger partial charge in [0.1, 0.15) is 13.2 Å². The van der Waals surface area contributed by atoms with Gasteiger partial charge in [-0.15, -0.1) is 0 Å². The minimum atomic E-state index is -0.759. The van der Waals surface area contributed by atoms with Crippen LogP contribution in [0, 0.1) is 0 Å². The predicted octanol–water partition coefficient (Wildman–Crippen LogP) is 10.7. The SMILES string of the molecule is CCCCCCCC/C=C\CCCCCCCC(=O)OCC(COC(=O)CCCCCCC)OC(=O)CCCCCCC. The molecule has 0 aromatic carbocycles. The van der Waals surface area contributed by atoms with Crippen molar-refractivity contribution in [3.05, 3.63) is 12.2 Å². The van der Waals surface area contributed by atoms with Crippen LogP contribution < -0.4 is 0 Å². The van der Waals surface area contributed by atoms with E-state index in [4.69, 9.17) is 14.2 Å². The van der Waals surface area contributed by atoms with Crippen molar-refractivity contribution in [1.82, 2.24) is 0 Å². The molecule has 252 valence electrons. The minimum absolute atomic E-state index is 0.0734. The first-order chi connectivity index (χ1) is 21.0. The van der Waals surface area contributed by atoms with E-state index in [2.05, 4.69) is 32.9 Å². The second-order valence-electron chi connectivity index (χ2n) is 12.1. The number of unbranched alkanes of at least 4 members (excludes halogenated alkanes) is 19. The summed E-state index contributed by atoms with van der Waals surface area (Å²) in [5, 5.41) is 0. The van der Waals surface area contributed by atoms with Crippen molar-refractivity contribution in [3.8, 4) is 0 Å². The van der Waals surface area contributed by atoms with Crippen molar-refractivity contribution in [2.45, 2.75) is 194 Å². The summed E-state index contributed by atoms with van der Waals surface area (Å²) < 4.78 is 16.4. The zero-order chi connectivity index (χ0) is 31.6. The van der Waals surface area contributed by atoms with E-state index in [1.165, 1.54) is 70.6 Å². The van der Waals surface area contributed by atoms with Crippen LogP contribution in [-0.2, 0) is 28.6 Å². The van der Waals surface area contributed by atoms with Crippen LogP contribution in [0.3, 0.4) is 0 Å². The molecule has 0 rings (SSSR count). The number of hydrogen-bond acceptors (Lipinski definition) is 6. The first kappa shape index (κ1) is 41.1. The standard InChI is InChI=1S/C37H68O6/c1-4-7-10-13-14-15-16-17-18-19-20-21-22-25-27-30-36(39)42-33-34(43-37(40)31-28-24-12-9-6-3)32-41-35(38)29-26-23-11-8-5-2/h17-18,34H,4-16,19-33H2,1-3H3/b18-17-. The molecule has 0 aromatic heterocycles. The van der Waals surface area contributed by atoms with Gasteiger partial charge in [-0.25, -0.2) is 0 Å². The summed E-state index contributed by atoms with van der Waals surface area (Å²) in [5.41, 5.74) is 0. The molecule has 6 heteroatoms. The lowest BCUT2D eigenvalue weighted by atomic mass is 10.1. The fourth-order valence-electron chi connectivity index (χ4n) is 4.96. The predicted molar refractivity (Wildman–Crippen MR) is 178 cm³/mol. The van der Waals surface area contributed by atoms with Gasteiger partial charge in [-0.05, 0) is 44.9 Å². The number of carbonyl (C=O) groups is 3. The molecule has 0 saturated heterocycles.